The Hall–Kier alpha value is -2.05. The second kappa shape index (κ2) is 6.45. The number of benzene rings is 1. The van der Waals surface area contributed by atoms with Gasteiger partial charge in [0.2, 0.25) is 0 Å². The first kappa shape index (κ1) is 15.5. The van der Waals surface area contributed by atoms with E-state index in [9.17, 15) is 4.79 Å². The van der Waals surface area contributed by atoms with Gasteiger partial charge in [0.25, 0.3) is 0 Å². The number of hydrogen-bond donors (Lipinski definition) is 2. The number of anilines is 1. The van der Waals surface area contributed by atoms with Crippen LogP contribution in [0, 0.1) is 0 Å². The fourth-order valence-electron chi connectivity index (χ4n) is 3.35. The van der Waals surface area contributed by atoms with E-state index in [1.165, 1.54) is 0 Å². The van der Waals surface area contributed by atoms with Crippen molar-refractivity contribution in [3.05, 3.63) is 46.2 Å². The molecule has 1 aromatic heterocycles. The van der Waals surface area contributed by atoms with E-state index in [1.54, 1.807) is 12.1 Å². The highest BCUT2D eigenvalue weighted by Crippen LogP contribution is 2.31. The fraction of sp³-hybridized carbons (Fsp3) is 0.412. The zero-order valence-corrected chi connectivity index (χ0v) is 14.0. The zero-order valence-electron chi connectivity index (χ0n) is 13.2. The van der Waals surface area contributed by atoms with Crippen LogP contribution in [0.1, 0.15) is 29.3 Å². The molecule has 1 aromatic carbocycles. The van der Waals surface area contributed by atoms with E-state index < -0.39 is 0 Å². The molecule has 2 amide bonds. The molecule has 4 rings (SSSR count). The van der Waals surface area contributed by atoms with Gasteiger partial charge in [-0.1, -0.05) is 17.7 Å². The molecule has 0 saturated carbocycles. The molecule has 2 N–H and O–H groups in total. The monoisotopic (exact) mass is 346 g/mol. The van der Waals surface area contributed by atoms with Gasteiger partial charge in [-0.15, -0.1) is 0 Å². The van der Waals surface area contributed by atoms with Crippen molar-refractivity contribution < 1.29 is 9.53 Å². The van der Waals surface area contributed by atoms with E-state index in [4.69, 9.17) is 16.3 Å². The maximum Gasteiger partial charge on any atom is 0.322 e. The highest BCUT2D eigenvalue weighted by molar-refractivity contribution is 6.30. The highest BCUT2D eigenvalue weighted by Gasteiger charge is 2.30. The largest absolute Gasteiger partial charge is 0.381 e. The van der Waals surface area contributed by atoms with Crippen LogP contribution in [0.5, 0.6) is 0 Å². The van der Waals surface area contributed by atoms with Gasteiger partial charge in [-0.25, -0.2) is 4.79 Å². The van der Waals surface area contributed by atoms with E-state index in [-0.39, 0.29) is 6.03 Å². The molecule has 6 nitrogen and oxygen atoms in total. The third kappa shape index (κ3) is 2.99. The van der Waals surface area contributed by atoms with Crippen molar-refractivity contribution in [1.82, 2.24) is 15.1 Å². The number of fused-ring (bicyclic) bond motifs is 1. The number of nitrogens with one attached hydrogen (secondary N) is 2. The van der Waals surface area contributed by atoms with Crippen LogP contribution in [-0.2, 0) is 17.7 Å². The number of urea groups is 1. The average molecular weight is 347 g/mol. The number of halogens is 1. The molecule has 1 atom stereocenters. The van der Waals surface area contributed by atoms with Crippen molar-refractivity contribution in [2.24, 2.45) is 0 Å². The molecule has 2 aliphatic rings. The molecule has 7 heteroatoms. The maximum absolute atomic E-state index is 12.6. The number of aromatic nitrogens is 2. The number of nitrogens with zero attached hydrogens (tertiary/aromatic N) is 2. The van der Waals surface area contributed by atoms with Crippen LogP contribution in [0.25, 0.3) is 0 Å². The zero-order chi connectivity index (χ0) is 16.5. The van der Waals surface area contributed by atoms with Crippen LogP contribution in [0.4, 0.5) is 10.5 Å². The molecule has 0 spiro atoms. The Morgan fingerprint density at radius 1 is 1.46 bits per heavy atom. The Balaban J connectivity index is 1.49. The van der Waals surface area contributed by atoms with Gasteiger partial charge in [0.15, 0.2) is 0 Å². The second-order valence-corrected chi connectivity index (χ2v) is 6.67. The quantitative estimate of drug-likeness (QED) is 0.877. The van der Waals surface area contributed by atoms with E-state index in [1.807, 2.05) is 17.0 Å². The standard InChI is InChI=1S/C17H19ClN4O2/c18-12-2-1-3-13(8-12)19-17(23)22-6-4-15-14(9-22)16(21-20-15)11-5-7-24-10-11/h1-3,8,11H,4-7,9-10H2,(H,19,23)(H,20,21). The number of aromatic amines is 1. The van der Waals surface area contributed by atoms with Gasteiger partial charge in [-0.05, 0) is 24.6 Å². The first-order valence-electron chi connectivity index (χ1n) is 8.16. The van der Waals surface area contributed by atoms with Crippen LogP contribution in [0.2, 0.25) is 5.02 Å². The molecule has 1 saturated heterocycles. The molecule has 126 valence electrons. The summed E-state index contributed by atoms with van der Waals surface area (Å²) in [5.41, 5.74) is 4.05. The summed E-state index contributed by atoms with van der Waals surface area (Å²) in [4.78, 5) is 14.4. The number of carbonyl (C=O) groups excluding carboxylic acids is 1. The molecule has 1 fully saturated rings. The minimum atomic E-state index is -0.113. The van der Waals surface area contributed by atoms with Crippen LogP contribution >= 0.6 is 11.6 Å². The molecule has 2 aliphatic heterocycles. The molecule has 1 unspecified atom stereocenters. The van der Waals surface area contributed by atoms with E-state index in [0.29, 0.717) is 36.3 Å². The van der Waals surface area contributed by atoms with Gasteiger partial charge < -0.3 is 15.0 Å². The highest BCUT2D eigenvalue weighted by atomic mass is 35.5. The summed E-state index contributed by atoms with van der Waals surface area (Å²) >= 11 is 5.97. The maximum atomic E-state index is 12.6. The number of H-pyrrole nitrogens is 1. The van der Waals surface area contributed by atoms with Crippen molar-refractivity contribution in [3.8, 4) is 0 Å². The Morgan fingerprint density at radius 2 is 2.38 bits per heavy atom. The summed E-state index contributed by atoms with van der Waals surface area (Å²) in [6.45, 7) is 2.74. The number of carbonyl (C=O) groups is 1. The van der Waals surface area contributed by atoms with Crippen LogP contribution in [0.3, 0.4) is 0 Å². The van der Waals surface area contributed by atoms with Crippen LogP contribution in [0.15, 0.2) is 24.3 Å². The second-order valence-electron chi connectivity index (χ2n) is 6.24. The number of amides is 2. The van der Waals surface area contributed by atoms with Gasteiger partial charge in [-0.2, -0.15) is 5.10 Å². The first-order chi connectivity index (χ1) is 11.7. The van der Waals surface area contributed by atoms with E-state index in [2.05, 4.69) is 15.5 Å². The molecule has 2 aromatic rings. The Morgan fingerprint density at radius 3 is 3.17 bits per heavy atom. The minimum absolute atomic E-state index is 0.113. The predicted octanol–water partition coefficient (Wildman–Crippen LogP) is 3.16. The summed E-state index contributed by atoms with van der Waals surface area (Å²) in [7, 11) is 0. The third-order valence-electron chi connectivity index (χ3n) is 4.64. The topological polar surface area (TPSA) is 70.2 Å². The molecular weight excluding hydrogens is 328 g/mol. The Bertz CT molecular complexity index is 755. The van der Waals surface area contributed by atoms with Crippen molar-refractivity contribution in [2.45, 2.75) is 25.3 Å². The molecule has 0 aliphatic carbocycles. The predicted molar refractivity (Wildman–Crippen MR) is 91.3 cm³/mol. The average Bonchev–Trinajstić information content (AvgIpc) is 3.23. The lowest BCUT2D eigenvalue weighted by Gasteiger charge is -2.28. The number of hydrogen-bond acceptors (Lipinski definition) is 3. The number of ether oxygens (including phenoxy) is 1. The third-order valence-corrected chi connectivity index (χ3v) is 4.88. The minimum Gasteiger partial charge on any atom is -0.381 e. The van der Waals surface area contributed by atoms with Crippen molar-refractivity contribution >= 4 is 23.3 Å². The van der Waals surface area contributed by atoms with Gasteiger partial charge in [-0.3, -0.25) is 5.10 Å². The number of rotatable bonds is 2. The normalized spacial score (nSPS) is 20.0. The lowest BCUT2D eigenvalue weighted by atomic mass is 9.96. The van der Waals surface area contributed by atoms with Crippen molar-refractivity contribution in [1.29, 1.82) is 0 Å². The Kier molecular flexibility index (Phi) is 4.16. The van der Waals surface area contributed by atoms with Gasteiger partial charge in [0.1, 0.15) is 0 Å². The van der Waals surface area contributed by atoms with E-state index in [0.717, 1.165) is 36.4 Å². The summed E-state index contributed by atoms with van der Waals surface area (Å²) in [5.74, 6) is 0.334. The van der Waals surface area contributed by atoms with Crippen LogP contribution in [-0.4, -0.2) is 40.9 Å². The smallest absolute Gasteiger partial charge is 0.322 e. The first-order valence-corrected chi connectivity index (χ1v) is 8.54. The lowest BCUT2D eigenvalue weighted by Crippen LogP contribution is -2.39. The van der Waals surface area contributed by atoms with Crippen LogP contribution < -0.4 is 5.32 Å². The summed E-state index contributed by atoms with van der Waals surface area (Å²) in [5, 5.41) is 11.1. The SMILES string of the molecule is O=C(Nc1cccc(Cl)c1)N1CCc2[nH]nc(C3CCOC3)c2C1. The van der Waals surface area contributed by atoms with Gasteiger partial charge >= 0.3 is 6.03 Å². The van der Waals surface area contributed by atoms with Gasteiger partial charge in [0, 0.05) is 47.5 Å². The molecule has 3 heterocycles. The van der Waals surface area contributed by atoms with Crippen molar-refractivity contribution in [2.75, 3.05) is 25.1 Å². The summed E-state index contributed by atoms with van der Waals surface area (Å²) < 4.78 is 5.48. The molecule has 0 radical (unpaired) electrons. The van der Waals surface area contributed by atoms with Gasteiger partial charge in [0.05, 0.1) is 18.8 Å². The molecule has 0 bridgehead atoms. The lowest BCUT2D eigenvalue weighted by molar-refractivity contribution is 0.193. The summed E-state index contributed by atoms with van der Waals surface area (Å²) in [6, 6.07) is 7.07. The summed E-state index contributed by atoms with van der Waals surface area (Å²) in [6.07, 6.45) is 1.78. The van der Waals surface area contributed by atoms with E-state index >= 15 is 0 Å². The molecule has 24 heavy (non-hydrogen) atoms. The Labute approximate surface area is 145 Å². The molecular formula is C17H19ClN4O2. The fourth-order valence-corrected chi connectivity index (χ4v) is 3.54. The van der Waals surface area contributed by atoms with Crippen molar-refractivity contribution in [3.63, 3.8) is 0 Å².